The summed E-state index contributed by atoms with van der Waals surface area (Å²) in [5.41, 5.74) is 1.13. The molecule has 0 aromatic heterocycles. The normalized spacial score (nSPS) is 12.2. The van der Waals surface area contributed by atoms with Gasteiger partial charge in [0, 0.05) is 6.21 Å². The Morgan fingerprint density at radius 3 is 2.80 bits per heavy atom. The van der Waals surface area contributed by atoms with Crippen molar-refractivity contribution in [3.8, 4) is 0 Å². The number of hydrogen-bond acceptors (Lipinski definition) is 2. The van der Waals surface area contributed by atoms with E-state index in [1.54, 1.807) is 24.6 Å². The third-order valence-electron chi connectivity index (χ3n) is 1.59. The lowest BCUT2D eigenvalue weighted by Gasteiger charge is -2.01. The topological polar surface area (TPSA) is 21.6 Å². The Labute approximate surface area is 92.4 Å². The molecular weight excluding hydrogens is 186 g/mol. The lowest BCUT2D eigenvalue weighted by Crippen LogP contribution is -1.91. The fourth-order valence-corrected chi connectivity index (χ4v) is 0.898. The van der Waals surface area contributed by atoms with Crippen molar-refractivity contribution >= 4 is 6.21 Å². The second-order valence-corrected chi connectivity index (χ2v) is 2.90. The van der Waals surface area contributed by atoms with Gasteiger partial charge in [-0.25, -0.2) is 0 Å². The molecule has 82 valence electrons. The van der Waals surface area contributed by atoms with E-state index in [1.807, 2.05) is 13.0 Å². The van der Waals surface area contributed by atoms with Crippen molar-refractivity contribution in [1.29, 1.82) is 0 Å². The smallest absolute Gasteiger partial charge is 0.105 e. The highest BCUT2D eigenvalue weighted by Gasteiger charge is 1.93. The van der Waals surface area contributed by atoms with Crippen LogP contribution in [-0.4, -0.2) is 19.4 Å². The molecule has 0 aliphatic heterocycles. The lowest BCUT2D eigenvalue weighted by molar-refractivity contribution is 0.285. The average Bonchev–Trinajstić information content (AvgIpc) is 2.25. The van der Waals surface area contributed by atoms with Gasteiger partial charge in [-0.3, -0.25) is 4.99 Å². The van der Waals surface area contributed by atoms with Crippen molar-refractivity contribution in [1.82, 2.24) is 0 Å². The quantitative estimate of drug-likeness (QED) is 0.258. The fraction of sp³-hybridized carbons (Fsp3) is 0.308. The van der Waals surface area contributed by atoms with Crippen molar-refractivity contribution in [2.24, 2.45) is 4.99 Å². The van der Waals surface area contributed by atoms with Gasteiger partial charge in [0.15, 0.2) is 0 Å². The summed E-state index contributed by atoms with van der Waals surface area (Å²) in [4.78, 5) is 4.17. The van der Waals surface area contributed by atoms with Crippen molar-refractivity contribution in [2.75, 3.05) is 13.2 Å². The summed E-state index contributed by atoms with van der Waals surface area (Å²) < 4.78 is 5.26. The molecule has 15 heavy (non-hydrogen) atoms. The van der Waals surface area contributed by atoms with Crippen LogP contribution in [-0.2, 0) is 4.74 Å². The van der Waals surface area contributed by atoms with Gasteiger partial charge in [0.25, 0.3) is 0 Å². The molecule has 0 saturated carbocycles. The van der Waals surface area contributed by atoms with Crippen molar-refractivity contribution < 1.29 is 4.74 Å². The van der Waals surface area contributed by atoms with Crippen LogP contribution < -0.4 is 0 Å². The van der Waals surface area contributed by atoms with Gasteiger partial charge in [0.2, 0.25) is 0 Å². The highest BCUT2D eigenvalue weighted by atomic mass is 16.5. The van der Waals surface area contributed by atoms with Crippen molar-refractivity contribution in [3.05, 3.63) is 49.3 Å². The van der Waals surface area contributed by atoms with E-state index >= 15 is 0 Å². The molecule has 0 aromatic carbocycles. The number of ether oxygens (including phenoxy) is 1. The fourth-order valence-electron chi connectivity index (χ4n) is 0.898. The first kappa shape index (κ1) is 13.4. The van der Waals surface area contributed by atoms with E-state index in [1.165, 1.54) is 0 Å². The molecule has 2 nitrogen and oxygen atoms in total. The molecule has 0 bridgehead atoms. The first-order chi connectivity index (χ1) is 7.35. The van der Waals surface area contributed by atoms with Crippen LogP contribution in [0.4, 0.5) is 0 Å². The van der Waals surface area contributed by atoms with Crippen LogP contribution in [0.3, 0.4) is 0 Å². The summed E-state index contributed by atoms with van der Waals surface area (Å²) >= 11 is 0. The summed E-state index contributed by atoms with van der Waals surface area (Å²) in [6.07, 6.45) is 11.8. The highest BCUT2D eigenvalue weighted by molar-refractivity contribution is 5.70. The summed E-state index contributed by atoms with van der Waals surface area (Å²) in [5, 5.41) is 0. The Morgan fingerprint density at radius 2 is 2.20 bits per heavy atom. The van der Waals surface area contributed by atoms with Crippen molar-refractivity contribution in [2.45, 2.75) is 13.3 Å². The maximum absolute atomic E-state index is 5.26. The van der Waals surface area contributed by atoms with Gasteiger partial charge in [0.05, 0.1) is 12.8 Å². The number of hydrogen-bond donors (Lipinski definition) is 0. The molecule has 0 atom stereocenters. The summed E-state index contributed by atoms with van der Waals surface area (Å²) in [5.74, 6) is 0. The summed E-state index contributed by atoms with van der Waals surface area (Å²) in [7, 11) is 0. The number of nitrogens with zero attached hydrogens (tertiary/aromatic N) is 1. The molecule has 0 unspecified atom stereocenters. The molecular formula is C13H19NO. The zero-order valence-corrected chi connectivity index (χ0v) is 9.36. The molecule has 0 aliphatic carbocycles. The zero-order chi connectivity index (χ0) is 11.4. The largest absolute Gasteiger partial charge is 0.497 e. The molecule has 0 heterocycles. The van der Waals surface area contributed by atoms with Gasteiger partial charge >= 0.3 is 0 Å². The molecule has 0 rings (SSSR count). The number of aliphatic imine (C=N–C) groups is 1. The lowest BCUT2D eigenvalue weighted by atomic mass is 10.2. The molecule has 2 heteroatoms. The predicted octanol–water partition coefficient (Wildman–Crippen LogP) is 3.30. The second kappa shape index (κ2) is 10.5. The molecule has 0 saturated heterocycles. The number of rotatable bonds is 8. The highest BCUT2D eigenvalue weighted by Crippen LogP contribution is 2.03. The Bertz CT molecular complexity index is 262. The van der Waals surface area contributed by atoms with E-state index in [2.05, 4.69) is 24.2 Å². The SMILES string of the molecule is C=C/C=N/C/C(=C/OCC=C)C/C=C\C. The van der Waals surface area contributed by atoms with Crippen LogP contribution in [0.25, 0.3) is 0 Å². The minimum absolute atomic E-state index is 0.532. The van der Waals surface area contributed by atoms with Crippen LogP contribution in [0.1, 0.15) is 13.3 Å². The maximum atomic E-state index is 5.26. The van der Waals surface area contributed by atoms with E-state index < -0.39 is 0 Å². The third-order valence-corrected chi connectivity index (χ3v) is 1.59. The summed E-state index contributed by atoms with van der Waals surface area (Å²) in [6.45, 7) is 10.3. The molecule has 0 aromatic rings. The van der Waals surface area contributed by atoms with Crippen LogP contribution in [0, 0.1) is 0 Å². The zero-order valence-electron chi connectivity index (χ0n) is 9.36. The third kappa shape index (κ3) is 8.75. The second-order valence-electron chi connectivity index (χ2n) is 2.90. The van der Waals surface area contributed by atoms with Crippen molar-refractivity contribution in [3.63, 3.8) is 0 Å². The Hall–Kier alpha value is -1.57. The van der Waals surface area contributed by atoms with E-state index in [4.69, 9.17) is 4.74 Å². The average molecular weight is 205 g/mol. The van der Waals surface area contributed by atoms with Gasteiger partial charge in [-0.1, -0.05) is 37.5 Å². The predicted molar refractivity (Wildman–Crippen MR) is 67.2 cm³/mol. The first-order valence-corrected chi connectivity index (χ1v) is 4.97. The summed E-state index contributed by atoms with van der Waals surface area (Å²) in [6, 6.07) is 0. The molecule has 0 amide bonds. The van der Waals surface area contributed by atoms with Crippen LogP contribution >= 0.6 is 0 Å². The van der Waals surface area contributed by atoms with Gasteiger partial charge in [-0.05, 0) is 18.9 Å². The van der Waals surface area contributed by atoms with E-state index in [-0.39, 0.29) is 0 Å². The Morgan fingerprint density at radius 1 is 1.40 bits per heavy atom. The van der Waals surface area contributed by atoms with Gasteiger partial charge in [-0.2, -0.15) is 0 Å². The Balaban J connectivity index is 4.14. The first-order valence-electron chi connectivity index (χ1n) is 4.97. The molecule has 0 radical (unpaired) electrons. The van der Waals surface area contributed by atoms with Gasteiger partial charge in [0.1, 0.15) is 6.61 Å². The van der Waals surface area contributed by atoms with E-state index in [9.17, 15) is 0 Å². The van der Waals surface area contributed by atoms with Crippen LogP contribution in [0.2, 0.25) is 0 Å². The monoisotopic (exact) mass is 205 g/mol. The molecule has 0 N–H and O–H groups in total. The molecule has 0 fully saturated rings. The minimum Gasteiger partial charge on any atom is -0.497 e. The van der Waals surface area contributed by atoms with Gasteiger partial charge in [-0.15, -0.1) is 0 Å². The van der Waals surface area contributed by atoms with Crippen LogP contribution in [0.5, 0.6) is 0 Å². The Kier molecular flexibility index (Phi) is 9.41. The van der Waals surface area contributed by atoms with E-state index in [0.717, 1.165) is 12.0 Å². The maximum Gasteiger partial charge on any atom is 0.105 e. The molecule has 0 spiro atoms. The number of allylic oxidation sites excluding steroid dienone is 3. The van der Waals surface area contributed by atoms with Crippen LogP contribution in [0.15, 0.2) is 54.3 Å². The van der Waals surface area contributed by atoms with E-state index in [0.29, 0.717) is 13.2 Å². The molecule has 0 aliphatic rings. The van der Waals surface area contributed by atoms with Gasteiger partial charge < -0.3 is 4.74 Å². The minimum atomic E-state index is 0.532. The standard InChI is InChI=1S/C13H19NO/c1-4-7-8-13(11-14-9-5-2)12-15-10-6-3/h4-7,9,12H,2-3,8,10-11H2,1H3/b7-4-,13-12+,14-9+.